The molecule has 4 nitrogen and oxygen atoms in total. The van der Waals surface area contributed by atoms with Gasteiger partial charge in [0.2, 0.25) is 5.91 Å². The third kappa shape index (κ3) is 2.42. The first-order valence-electron chi connectivity index (χ1n) is 4.60. The van der Waals surface area contributed by atoms with Crippen molar-refractivity contribution in [1.82, 2.24) is 5.32 Å². The van der Waals surface area contributed by atoms with E-state index in [1.807, 2.05) is 20.8 Å². The van der Waals surface area contributed by atoms with Gasteiger partial charge in [-0.15, -0.1) is 0 Å². The van der Waals surface area contributed by atoms with Crippen molar-refractivity contribution in [3.8, 4) is 0 Å². The Balaban J connectivity index is 2.41. The zero-order chi connectivity index (χ0) is 9.90. The van der Waals surface area contributed by atoms with Crippen molar-refractivity contribution in [2.45, 2.75) is 20.8 Å². The van der Waals surface area contributed by atoms with Gasteiger partial charge in [-0.05, 0) is 12.3 Å². The van der Waals surface area contributed by atoms with E-state index in [4.69, 9.17) is 9.78 Å². The van der Waals surface area contributed by atoms with Gasteiger partial charge in [0.25, 0.3) is 0 Å². The molecule has 0 aromatic carbocycles. The minimum absolute atomic E-state index is 0.0335. The van der Waals surface area contributed by atoms with Gasteiger partial charge < -0.3 is 5.32 Å². The van der Waals surface area contributed by atoms with E-state index in [9.17, 15) is 4.79 Å². The minimum atomic E-state index is -0.0981. The molecule has 0 saturated carbocycles. The molecule has 0 aromatic heterocycles. The summed E-state index contributed by atoms with van der Waals surface area (Å²) in [4.78, 5) is 21.0. The largest absolute Gasteiger partial charge is 0.355 e. The third-order valence-corrected chi connectivity index (χ3v) is 2.41. The lowest BCUT2D eigenvalue weighted by atomic mass is 9.82. The molecular weight excluding hydrogens is 170 g/mol. The topological polar surface area (TPSA) is 47.6 Å². The second-order valence-corrected chi connectivity index (χ2v) is 3.95. The summed E-state index contributed by atoms with van der Waals surface area (Å²) >= 11 is 0. The quantitative estimate of drug-likeness (QED) is 0.401. The van der Waals surface area contributed by atoms with Crippen molar-refractivity contribution in [3.63, 3.8) is 0 Å². The second-order valence-electron chi connectivity index (χ2n) is 3.95. The molecule has 0 radical (unpaired) electrons. The van der Waals surface area contributed by atoms with Crippen molar-refractivity contribution in [1.29, 1.82) is 0 Å². The molecule has 0 aliphatic carbocycles. The summed E-state index contributed by atoms with van der Waals surface area (Å²) in [5.74, 6) is -0.0382. The summed E-state index contributed by atoms with van der Waals surface area (Å²) in [6.45, 7) is 7.50. The van der Waals surface area contributed by atoms with E-state index in [1.165, 1.54) is 0 Å². The summed E-state index contributed by atoms with van der Waals surface area (Å²) in [6.07, 6.45) is 0. The fourth-order valence-electron chi connectivity index (χ4n) is 1.42. The number of amides is 1. The predicted octanol–water partition coefficient (Wildman–Crippen LogP) is 0.727. The molecular formula is C9H17NO3. The fourth-order valence-corrected chi connectivity index (χ4v) is 1.42. The van der Waals surface area contributed by atoms with E-state index in [-0.39, 0.29) is 17.2 Å². The van der Waals surface area contributed by atoms with E-state index in [2.05, 4.69) is 5.32 Å². The van der Waals surface area contributed by atoms with Gasteiger partial charge in [0.15, 0.2) is 0 Å². The van der Waals surface area contributed by atoms with Crippen LogP contribution in [0.25, 0.3) is 0 Å². The molecule has 1 N–H and O–H groups in total. The highest BCUT2D eigenvalue weighted by Gasteiger charge is 2.41. The standard InChI is InChI=1S/C9H17NO3/c1-4-12-13-5-7-8(11)10-6-9(7,2)3/h7H,4-6H2,1-3H3,(H,10,11). The van der Waals surface area contributed by atoms with Crippen LogP contribution in [-0.2, 0) is 14.6 Å². The van der Waals surface area contributed by atoms with Gasteiger partial charge in [0.1, 0.15) is 0 Å². The van der Waals surface area contributed by atoms with Gasteiger partial charge in [0.05, 0.1) is 19.1 Å². The Morgan fingerprint density at radius 3 is 2.69 bits per heavy atom. The monoisotopic (exact) mass is 187 g/mol. The normalized spacial score (nSPS) is 26.1. The van der Waals surface area contributed by atoms with Gasteiger partial charge in [0, 0.05) is 6.54 Å². The number of carbonyl (C=O) groups excluding carboxylic acids is 1. The first-order valence-corrected chi connectivity index (χ1v) is 4.60. The molecule has 13 heavy (non-hydrogen) atoms. The van der Waals surface area contributed by atoms with E-state index < -0.39 is 0 Å². The second kappa shape index (κ2) is 4.07. The molecule has 1 heterocycles. The lowest BCUT2D eigenvalue weighted by Gasteiger charge is -2.22. The van der Waals surface area contributed by atoms with E-state index in [0.29, 0.717) is 19.8 Å². The molecule has 1 unspecified atom stereocenters. The molecule has 1 amide bonds. The summed E-state index contributed by atoms with van der Waals surface area (Å²) in [5, 5.41) is 2.81. The van der Waals surface area contributed by atoms with Crippen LogP contribution in [0.1, 0.15) is 20.8 Å². The van der Waals surface area contributed by atoms with Crippen LogP contribution in [0, 0.1) is 11.3 Å². The first-order chi connectivity index (χ1) is 6.08. The Morgan fingerprint density at radius 2 is 2.23 bits per heavy atom. The molecule has 1 aliphatic heterocycles. The molecule has 0 bridgehead atoms. The van der Waals surface area contributed by atoms with E-state index in [0.717, 1.165) is 0 Å². The van der Waals surface area contributed by atoms with Gasteiger partial charge >= 0.3 is 0 Å². The highest BCUT2D eigenvalue weighted by Crippen LogP contribution is 2.31. The van der Waals surface area contributed by atoms with Crippen LogP contribution >= 0.6 is 0 Å². The summed E-state index contributed by atoms with van der Waals surface area (Å²) < 4.78 is 0. The molecule has 0 aromatic rings. The molecule has 1 fully saturated rings. The summed E-state index contributed by atoms with van der Waals surface area (Å²) in [7, 11) is 0. The molecule has 1 saturated heterocycles. The number of rotatable bonds is 4. The van der Waals surface area contributed by atoms with Crippen molar-refractivity contribution >= 4 is 5.91 Å². The average Bonchev–Trinajstić information content (AvgIpc) is 2.31. The van der Waals surface area contributed by atoms with Gasteiger partial charge in [-0.3, -0.25) is 4.79 Å². The van der Waals surface area contributed by atoms with Crippen LogP contribution in [0.2, 0.25) is 0 Å². The third-order valence-electron chi connectivity index (χ3n) is 2.41. The minimum Gasteiger partial charge on any atom is -0.355 e. The SMILES string of the molecule is CCOOCC1C(=O)NCC1(C)C. The van der Waals surface area contributed by atoms with Crippen LogP contribution in [0.3, 0.4) is 0 Å². The zero-order valence-corrected chi connectivity index (χ0v) is 8.42. The maximum Gasteiger partial charge on any atom is 0.226 e. The van der Waals surface area contributed by atoms with Crippen LogP contribution in [0.4, 0.5) is 0 Å². The number of nitrogens with one attached hydrogen (secondary N) is 1. The van der Waals surface area contributed by atoms with Crippen LogP contribution in [-0.4, -0.2) is 25.7 Å². The van der Waals surface area contributed by atoms with Crippen LogP contribution < -0.4 is 5.32 Å². The number of hydrogen-bond donors (Lipinski definition) is 1. The Bertz CT molecular complexity index is 191. The van der Waals surface area contributed by atoms with Gasteiger partial charge in [-0.1, -0.05) is 13.8 Å². The summed E-state index contributed by atoms with van der Waals surface area (Å²) in [6, 6.07) is 0. The Morgan fingerprint density at radius 1 is 1.54 bits per heavy atom. The summed E-state index contributed by atoms with van der Waals surface area (Å²) in [5.41, 5.74) is -0.0335. The van der Waals surface area contributed by atoms with Crippen molar-refractivity contribution < 1.29 is 14.6 Å². The van der Waals surface area contributed by atoms with Crippen LogP contribution in [0.5, 0.6) is 0 Å². The van der Waals surface area contributed by atoms with Crippen molar-refractivity contribution in [2.75, 3.05) is 19.8 Å². The average molecular weight is 187 g/mol. The van der Waals surface area contributed by atoms with Crippen LogP contribution in [0.15, 0.2) is 0 Å². The molecule has 4 heteroatoms. The lowest BCUT2D eigenvalue weighted by Crippen LogP contribution is -2.28. The van der Waals surface area contributed by atoms with Crippen molar-refractivity contribution in [3.05, 3.63) is 0 Å². The van der Waals surface area contributed by atoms with Crippen molar-refractivity contribution in [2.24, 2.45) is 11.3 Å². The number of carbonyl (C=O) groups is 1. The lowest BCUT2D eigenvalue weighted by molar-refractivity contribution is -0.299. The maximum absolute atomic E-state index is 11.3. The Kier molecular flexibility index (Phi) is 3.27. The Hall–Kier alpha value is -0.610. The fraction of sp³-hybridized carbons (Fsp3) is 0.889. The highest BCUT2D eigenvalue weighted by molar-refractivity contribution is 5.82. The highest BCUT2D eigenvalue weighted by atomic mass is 17.2. The zero-order valence-electron chi connectivity index (χ0n) is 8.42. The molecule has 1 atom stereocenters. The van der Waals surface area contributed by atoms with Gasteiger partial charge in [-0.2, -0.15) is 0 Å². The first kappa shape index (κ1) is 10.5. The smallest absolute Gasteiger partial charge is 0.226 e. The van der Waals surface area contributed by atoms with E-state index >= 15 is 0 Å². The predicted molar refractivity (Wildman–Crippen MR) is 47.9 cm³/mol. The van der Waals surface area contributed by atoms with E-state index in [1.54, 1.807) is 0 Å². The molecule has 1 rings (SSSR count). The molecule has 0 spiro atoms. The Labute approximate surface area is 78.5 Å². The molecule has 76 valence electrons. The maximum atomic E-state index is 11.3. The van der Waals surface area contributed by atoms with Gasteiger partial charge in [-0.25, -0.2) is 9.78 Å². The number of hydrogen-bond acceptors (Lipinski definition) is 3. The molecule has 1 aliphatic rings.